The monoisotopic (exact) mass is 396 g/mol. The van der Waals surface area contributed by atoms with Crippen LogP contribution in [-0.2, 0) is 17.8 Å². The second-order valence-corrected chi connectivity index (χ2v) is 7.22. The van der Waals surface area contributed by atoms with Gasteiger partial charge in [-0.15, -0.1) is 0 Å². The van der Waals surface area contributed by atoms with Crippen molar-refractivity contribution in [2.45, 2.75) is 32.4 Å². The summed E-state index contributed by atoms with van der Waals surface area (Å²) in [6, 6.07) is 18.0. The lowest BCUT2D eigenvalue weighted by molar-refractivity contribution is -0.121. The number of carbonyl (C=O) groups excluding carboxylic acids is 2. The predicted molar refractivity (Wildman–Crippen MR) is 117 cm³/mol. The third-order valence-electron chi connectivity index (χ3n) is 4.82. The molecule has 0 aliphatic rings. The van der Waals surface area contributed by atoms with Crippen LogP contribution in [0.15, 0.2) is 54.6 Å². The van der Waals surface area contributed by atoms with Crippen molar-refractivity contribution < 1.29 is 9.59 Å². The first-order valence-electron chi connectivity index (χ1n) is 10.1. The van der Waals surface area contributed by atoms with Crippen molar-refractivity contribution in [2.75, 3.05) is 27.2 Å². The normalized spacial score (nSPS) is 11.7. The van der Waals surface area contributed by atoms with Crippen molar-refractivity contribution in [1.29, 1.82) is 0 Å². The highest BCUT2D eigenvalue weighted by atomic mass is 16.2. The molecule has 156 valence electrons. The molecule has 0 aliphatic carbocycles. The van der Waals surface area contributed by atoms with E-state index in [9.17, 15) is 9.59 Å². The first-order valence-corrected chi connectivity index (χ1v) is 10.1. The molecule has 0 unspecified atom stereocenters. The zero-order valence-electron chi connectivity index (χ0n) is 17.6. The van der Waals surface area contributed by atoms with E-state index in [2.05, 4.69) is 52.0 Å². The minimum absolute atomic E-state index is 0.0783. The van der Waals surface area contributed by atoms with Crippen molar-refractivity contribution in [3.63, 3.8) is 0 Å². The molecule has 0 spiro atoms. The van der Waals surface area contributed by atoms with E-state index in [-0.39, 0.29) is 24.4 Å². The van der Waals surface area contributed by atoms with E-state index in [1.807, 2.05) is 44.4 Å². The third-order valence-corrected chi connectivity index (χ3v) is 4.82. The molecule has 6 nitrogen and oxygen atoms in total. The number of aryl methyl sites for hydroxylation is 1. The average Bonchev–Trinajstić information content (AvgIpc) is 2.73. The fourth-order valence-electron chi connectivity index (χ4n) is 3.00. The van der Waals surface area contributed by atoms with Crippen LogP contribution < -0.4 is 16.0 Å². The summed E-state index contributed by atoms with van der Waals surface area (Å²) in [6.45, 7) is 3.41. The number of carbonyl (C=O) groups is 2. The molecule has 0 radical (unpaired) electrons. The Labute approximate surface area is 173 Å². The lowest BCUT2D eigenvalue weighted by Crippen LogP contribution is -2.39. The zero-order chi connectivity index (χ0) is 21.1. The van der Waals surface area contributed by atoms with Crippen LogP contribution in [0.5, 0.6) is 0 Å². The molecule has 3 amide bonds. The highest BCUT2D eigenvalue weighted by Crippen LogP contribution is 2.18. The summed E-state index contributed by atoms with van der Waals surface area (Å²) in [7, 11) is 4.01. The Morgan fingerprint density at radius 1 is 0.897 bits per heavy atom. The first-order chi connectivity index (χ1) is 14.0. The second kappa shape index (κ2) is 11.9. The van der Waals surface area contributed by atoms with Gasteiger partial charge in [-0.05, 0) is 37.2 Å². The molecule has 1 atom stereocenters. The Morgan fingerprint density at radius 2 is 1.59 bits per heavy atom. The second-order valence-electron chi connectivity index (χ2n) is 7.22. The average molecular weight is 397 g/mol. The van der Waals surface area contributed by atoms with E-state index in [1.165, 1.54) is 11.1 Å². The third kappa shape index (κ3) is 7.95. The number of hydrogen-bond donors (Lipinski definition) is 3. The fourth-order valence-corrected chi connectivity index (χ4v) is 3.00. The molecular formula is C23H32N4O2. The van der Waals surface area contributed by atoms with Gasteiger partial charge in [-0.2, -0.15) is 0 Å². The minimum atomic E-state index is -0.274. The van der Waals surface area contributed by atoms with Crippen LogP contribution in [0.1, 0.15) is 36.1 Å². The molecule has 0 heterocycles. The molecule has 2 aromatic rings. The van der Waals surface area contributed by atoms with E-state index in [0.29, 0.717) is 19.6 Å². The van der Waals surface area contributed by atoms with Gasteiger partial charge < -0.3 is 20.9 Å². The molecule has 0 aliphatic heterocycles. The lowest BCUT2D eigenvalue weighted by Gasteiger charge is -2.25. The van der Waals surface area contributed by atoms with E-state index < -0.39 is 0 Å². The topological polar surface area (TPSA) is 73.5 Å². The molecule has 0 bridgehead atoms. The van der Waals surface area contributed by atoms with Crippen LogP contribution in [0, 0.1) is 0 Å². The number of hydrogen-bond acceptors (Lipinski definition) is 3. The summed E-state index contributed by atoms with van der Waals surface area (Å²) in [5.41, 5.74) is 3.50. The van der Waals surface area contributed by atoms with Crippen LogP contribution >= 0.6 is 0 Å². The van der Waals surface area contributed by atoms with E-state index in [1.54, 1.807) is 0 Å². The number of likely N-dealkylation sites (N-methyl/N-ethyl adjacent to an activating group) is 1. The first kappa shape index (κ1) is 22.4. The molecule has 3 N–H and O–H groups in total. The quantitative estimate of drug-likeness (QED) is 0.578. The minimum Gasteiger partial charge on any atom is -0.354 e. The Morgan fingerprint density at radius 3 is 2.21 bits per heavy atom. The SMILES string of the molecule is CCc1ccc([C@H](CNC(=O)CCNC(=O)NCc2ccccc2)N(C)C)cc1. The smallest absolute Gasteiger partial charge is 0.315 e. The van der Waals surface area contributed by atoms with Gasteiger partial charge in [0, 0.05) is 26.1 Å². The predicted octanol–water partition coefficient (Wildman–Crippen LogP) is 2.86. The molecule has 29 heavy (non-hydrogen) atoms. The van der Waals surface area contributed by atoms with Gasteiger partial charge in [0.15, 0.2) is 0 Å². The number of rotatable bonds is 10. The van der Waals surface area contributed by atoms with Gasteiger partial charge in [0.25, 0.3) is 0 Å². The largest absolute Gasteiger partial charge is 0.354 e. The summed E-state index contributed by atoms with van der Waals surface area (Å²) in [5.74, 6) is -0.0783. The van der Waals surface area contributed by atoms with Gasteiger partial charge in [0.1, 0.15) is 0 Å². The Balaban J connectivity index is 1.69. The standard InChI is InChI=1S/C23H32N4O2/c1-4-18-10-12-20(13-11-18)21(27(2)3)17-25-22(28)14-15-24-23(29)26-16-19-8-6-5-7-9-19/h5-13,21H,4,14-17H2,1-3H3,(H,25,28)(H2,24,26,29)/t21-/m0/s1. The van der Waals surface area contributed by atoms with Gasteiger partial charge in [-0.1, -0.05) is 61.5 Å². The van der Waals surface area contributed by atoms with Gasteiger partial charge in [0.05, 0.1) is 6.04 Å². The van der Waals surface area contributed by atoms with Crippen LogP contribution in [-0.4, -0.2) is 44.0 Å². The maximum Gasteiger partial charge on any atom is 0.315 e. The molecule has 0 saturated heterocycles. The van der Waals surface area contributed by atoms with E-state index in [0.717, 1.165) is 12.0 Å². The maximum atomic E-state index is 12.2. The number of amides is 3. The van der Waals surface area contributed by atoms with E-state index in [4.69, 9.17) is 0 Å². The fraction of sp³-hybridized carbons (Fsp3) is 0.391. The van der Waals surface area contributed by atoms with Crippen molar-refractivity contribution in [1.82, 2.24) is 20.9 Å². The maximum absolute atomic E-state index is 12.2. The summed E-state index contributed by atoms with van der Waals surface area (Å²) in [4.78, 5) is 26.1. The Bertz CT molecular complexity index is 760. The molecule has 2 rings (SSSR count). The van der Waals surface area contributed by atoms with Crippen LogP contribution in [0.2, 0.25) is 0 Å². The summed E-state index contributed by atoms with van der Waals surface area (Å²) < 4.78 is 0. The van der Waals surface area contributed by atoms with Gasteiger partial charge in [-0.3, -0.25) is 4.79 Å². The van der Waals surface area contributed by atoms with Crippen LogP contribution in [0.25, 0.3) is 0 Å². The van der Waals surface area contributed by atoms with Crippen LogP contribution in [0.4, 0.5) is 4.79 Å². The highest BCUT2D eigenvalue weighted by Gasteiger charge is 2.15. The summed E-state index contributed by atoms with van der Waals surface area (Å²) in [6.07, 6.45) is 1.25. The van der Waals surface area contributed by atoms with Gasteiger partial charge in [-0.25, -0.2) is 4.79 Å². The molecule has 2 aromatic carbocycles. The summed E-state index contributed by atoms with van der Waals surface area (Å²) in [5, 5.41) is 8.47. The van der Waals surface area contributed by atoms with Crippen molar-refractivity contribution in [2.24, 2.45) is 0 Å². The molecule has 0 aromatic heterocycles. The Hall–Kier alpha value is -2.86. The highest BCUT2D eigenvalue weighted by molar-refractivity contribution is 5.78. The van der Waals surface area contributed by atoms with Crippen molar-refractivity contribution in [3.8, 4) is 0 Å². The van der Waals surface area contributed by atoms with Gasteiger partial charge >= 0.3 is 6.03 Å². The van der Waals surface area contributed by atoms with Crippen molar-refractivity contribution in [3.05, 3.63) is 71.3 Å². The zero-order valence-corrected chi connectivity index (χ0v) is 17.6. The lowest BCUT2D eigenvalue weighted by atomic mass is 10.0. The molecule has 0 saturated carbocycles. The van der Waals surface area contributed by atoms with Gasteiger partial charge in [0.2, 0.25) is 5.91 Å². The molecule has 0 fully saturated rings. The number of nitrogens with one attached hydrogen (secondary N) is 3. The van der Waals surface area contributed by atoms with Crippen molar-refractivity contribution >= 4 is 11.9 Å². The Kier molecular flexibility index (Phi) is 9.18. The number of urea groups is 1. The number of nitrogens with zero attached hydrogens (tertiary/aromatic N) is 1. The summed E-state index contributed by atoms with van der Waals surface area (Å²) >= 11 is 0. The molecule has 6 heteroatoms. The molecular weight excluding hydrogens is 364 g/mol. The number of benzene rings is 2. The van der Waals surface area contributed by atoms with E-state index >= 15 is 0 Å². The van der Waals surface area contributed by atoms with Crippen LogP contribution in [0.3, 0.4) is 0 Å².